The number of nitrogens with two attached hydrogens (primary N) is 1. The molecule has 100 valence electrons. The lowest BCUT2D eigenvalue weighted by Crippen LogP contribution is -2.01. The van der Waals surface area contributed by atoms with E-state index in [4.69, 9.17) is 10.5 Å². The Morgan fingerprint density at radius 2 is 1.71 bits per heavy atom. The van der Waals surface area contributed by atoms with E-state index in [1.54, 1.807) is 7.11 Å². The zero-order valence-electron chi connectivity index (χ0n) is 12.3. The molecule has 1 rings (SSSR count). The fraction of sp³-hybridized carbons (Fsp3) is 0.571. The molecule has 1 aromatic rings. The van der Waals surface area contributed by atoms with Crippen LogP contribution >= 0.6 is 0 Å². The van der Waals surface area contributed by atoms with Crippen molar-refractivity contribution >= 4 is 11.4 Å². The summed E-state index contributed by atoms with van der Waals surface area (Å²) >= 11 is 0. The van der Waals surface area contributed by atoms with Crippen LogP contribution in [0.5, 0.6) is 5.75 Å². The van der Waals surface area contributed by atoms with Crippen molar-refractivity contribution in [3.8, 4) is 5.75 Å². The van der Waals surface area contributed by atoms with Gasteiger partial charge >= 0.3 is 0 Å². The molecule has 0 saturated carbocycles. The zero-order valence-corrected chi connectivity index (χ0v) is 12.3. The third-order valence-corrected chi connectivity index (χ3v) is 1.96. The van der Waals surface area contributed by atoms with E-state index >= 15 is 0 Å². The van der Waals surface area contributed by atoms with Crippen LogP contribution in [0.4, 0.5) is 11.4 Å². The number of rotatable bonds is 3. The van der Waals surface area contributed by atoms with Crippen molar-refractivity contribution in [2.75, 3.05) is 24.7 Å². The summed E-state index contributed by atoms with van der Waals surface area (Å²) in [4.78, 5) is 0. The molecule has 3 nitrogen and oxygen atoms in total. The van der Waals surface area contributed by atoms with Crippen LogP contribution < -0.4 is 15.8 Å². The summed E-state index contributed by atoms with van der Waals surface area (Å²) in [6, 6.07) is 3.84. The van der Waals surface area contributed by atoms with Gasteiger partial charge in [-0.15, -0.1) is 0 Å². The first-order chi connectivity index (χ1) is 8.19. The molecule has 0 saturated heterocycles. The molecule has 0 radical (unpaired) electrons. The Bertz CT molecular complexity index is 299. The van der Waals surface area contributed by atoms with E-state index < -0.39 is 0 Å². The Morgan fingerprint density at radius 1 is 1.18 bits per heavy atom. The average molecular weight is 240 g/mol. The molecule has 0 aromatic heterocycles. The maximum atomic E-state index is 5.75. The van der Waals surface area contributed by atoms with Gasteiger partial charge in [-0.1, -0.05) is 27.7 Å². The Kier molecular flexibility index (Phi) is 11.8. The first kappa shape index (κ1) is 18.0. The van der Waals surface area contributed by atoms with Gasteiger partial charge < -0.3 is 15.8 Å². The predicted molar refractivity (Wildman–Crippen MR) is 79.0 cm³/mol. The molecule has 0 amide bonds. The molecule has 0 aliphatic rings. The van der Waals surface area contributed by atoms with Crippen LogP contribution in [0, 0.1) is 6.92 Å². The van der Waals surface area contributed by atoms with Gasteiger partial charge in [0.15, 0.2) is 0 Å². The summed E-state index contributed by atoms with van der Waals surface area (Å²) < 4.78 is 5.19. The lowest BCUT2D eigenvalue weighted by atomic mass is 10.1. The zero-order chi connectivity index (χ0) is 13.8. The number of methoxy groups -OCH3 is 1. The second kappa shape index (κ2) is 11.1. The number of hydrogen-bond donors (Lipinski definition) is 2. The average Bonchev–Trinajstić information content (AvgIpc) is 2.38. The standard InChI is InChI=1S/C10H16N2O.2C2H6/c1-4-12-9-5-7(2)8(11)6-10(9)13-3;2*1-2/h5-6,12H,4,11H2,1-3H3;2*1-2H3. The number of hydrogen-bond acceptors (Lipinski definition) is 3. The van der Waals surface area contributed by atoms with E-state index in [0.717, 1.165) is 29.2 Å². The topological polar surface area (TPSA) is 47.3 Å². The molecule has 17 heavy (non-hydrogen) atoms. The molecule has 0 fully saturated rings. The monoisotopic (exact) mass is 240 g/mol. The minimum Gasteiger partial charge on any atom is -0.495 e. The number of nitrogen functional groups attached to an aromatic ring is 1. The second-order valence-electron chi connectivity index (χ2n) is 2.94. The van der Waals surface area contributed by atoms with Crippen molar-refractivity contribution in [1.82, 2.24) is 0 Å². The first-order valence-electron chi connectivity index (χ1n) is 6.37. The highest BCUT2D eigenvalue weighted by atomic mass is 16.5. The molecular weight excluding hydrogens is 212 g/mol. The molecule has 0 aliphatic heterocycles. The lowest BCUT2D eigenvalue weighted by molar-refractivity contribution is 0.416. The molecule has 3 heteroatoms. The first-order valence-corrected chi connectivity index (χ1v) is 6.37. The fourth-order valence-corrected chi connectivity index (χ4v) is 1.20. The van der Waals surface area contributed by atoms with Crippen molar-refractivity contribution in [2.45, 2.75) is 41.5 Å². The summed E-state index contributed by atoms with van der Waals surface area (Å²) in [7, 11) is 1.64. The van der Waals surface area contributed by atoms with Gasteiger partial charge in [0.25, 0.3) is 0 Å². The number of ether oxygens (including phenoxy) is 1. The van der Waals surface area contributed by atoms with Crippen LogP contribution in [0.2, 0.25) is 0 Å². The van der Waals surface area contributed by atoms with Gasteiger partial charge in [-0.05, 0) is 25.5 Å². The summed E-state index contributed by atoms with van der Waals surface area (Å²) in [5, 5.41) is 3.21. The molecule has 3 N–H and O–H groups in total. The minimum absolute atomic E-state index is 0.763. The van der Waals surface area contributed by atoms with Gasteiger partial charge in [0.1, 0.15) is 5.75 Å². The third-order valence-electron chi connectivity index (χ3n) is 1.96. The summed E-state index contributed by atoms with van der Waals surface area (Å²) in [6.07, 6.45) is 0. The van der Waals surface area contributed by atoms with Crippen LogP contribution in [0.3, 0.4) is 0 Å². The van der Waals surface area contributed by atoms with Gasteiger partial charge in [0.2, 0.25) is 0 Å². The Hall–Kier alpha value is -1.38. The molecular formula is C14H28N2O. The van der Waals surface area contributed by atoms with Crippen LogP contribution in [-0.2, 0) is 0 Å². The van der Waals surface area contributed by atoms with Crippen LogP contribution in [0.25, 0.3) is 0 Å². The molecule has 0 bridgehead atoms. The van der Waals surface area contributed by atoms with Crippen molar-refractivity contribution in [3.05, 3.63) is 17.7 Å². The Labute approximate surface area is 106 Å². The van der Waals surface area contributed by atoms with Crippen molar-refractivity contribution < 1.29 is 4.74 Å². The van der Waals surface area contributed by atoms with Gasteiger partial charge in [-0.2, -0.15) is 0 Å². The van der Waals surface area contributed by atoms with Crippen LogP contribution in [0.1, 0.15) is 40.2 Å². The van der Waals surface area contributed by atoms with E-state index in [2.05, 4.69) is 5.32 Å². The summed E-state index contributed by atoms with van der Waals surface area (Å²) in [6.45, 7) is 12.9. The normalized spacial score (nSPS) is 8.18. The number of anilines is 2. The van der Waals surface area contributed by atoms with Crippen molar-refractivity contribution in [1.29, 1.82) is 0 Å². The van der Waals surface area contributed by atoms with Crippen molar-refractivity contribution in [3.63, 3.8) is 0 Å². The minimum atomic E-state index is 0.763. The molecule has 0 heterocycles. The SMILES string of the molecule is CC.CC.CCNc1cc(C)c(N)cc1OC. The van der Waals surface area contributed by atoms with E-state index in [1.165, 1.54) is 0 Å². The third kappa shape index (κ3) is 6.05. The highest BCUT2D eigenvalue weighted by molar-refractivity contribution is 5.65. The molecule has 1 aromatic carbocycles. The number of aryl methyl sites for hydroxylation is 1. The maximum absolute atomic E-state index is 5.75. The van der Waals surface area contributed by atoms with Crippen LogP contribution in [0.15, 0.2) is 12.1 Å². The summed E-state index contributed by atoms with van der Waals surface area (Å²) in [5.74, 6) is 0.796. The van der Waals surface area contributed by atoms with Gasteiger partial charge in [-0.25, -0.2) is 0 Å². The maximum Gasteiger partial charge on any atom is 0.144 e. The van der Waals surface area contributed by atoms with Gasteiger partial charge in [0, 0.05) is 18.3 Å². The lowest BCUT2D eigenvalue weighted by Gasteiger charge is -2.12. The van der Waals surface area contributed by atoms with Gasteiger partial charge in [0.05, 0.1) is 12.8 Å². The number of nitrogens with one attached hydrogen (secondary N) is 1. The largest absolute Gasteiger partial charge is 0.495 e. The molecule has 0 aliphatic carbocycles. The molecule has 0 atom stereocenters. The van der Waals surface area contributed by atoms with E-state index in [9.17, 15) is 0 Å². The molecule has 0 unspecified atom stereocenters. The van der Waals surface area contributed by atoms with Crippen molar-refractivity contribution in [2.24, 2.45) is 0 Å². The predicted octanol–water partition coefficient (Wildman–Crippen LogP) is 4.07. The van der Waals surface area contributed by atoms with E-state index in [1.807, 2.05) is 53.7 Å². The highest BCUT2D eigenvalue weighted by Crippen LogP contribution is 2.29. The smallest absolute Gasteiger partial charge is 0.144 e. The fourth-order valence-electron chi connectivity index (χ4n) is 1.20. The summed E-state index contributed by atoms with van der Waals surface area (Å²) in [5.41, 5.74) is 8.58. The Morgan fingerprint density at radius 3 is 2.12 bits per heavy atom. The quantitative estimate of drug-likeness (QED) is 0.783. The van der Waals surface area contributed by atoms with Crippen LogP contribution in [-0.4, -0.2) is 13.7 Å². The highest BCUT2D eigenvalue weighted by Gasteiger charge is 2.04. The Balaban J connectivity index is 0. The molecule has 0 spiro atoms. The van der Waals surface area contributed by atoms with Gasteiger partial charge in [-0.3, -0.25) is 0 Å². The van der Waals surface area contributed by atoms with E-state index in [0.29, 0.717) is 0 Å². The second-order valence-corrected chi connectivity index (χ2v) is 2.94. The number of benzene rings is 1. The van der Waals surface area contributed by atoms with E-state index in [-0.39, 0.29) is 0 Å².